The summed E-state index contributed by atoms with van der Waals surface area (Å²) in [6.07, 6.45) is 1.34. The van der Waals surface area contributed by atoms with E-state index in [0.717, 1.165) is 0 Å². The van der Waals surface area contributed by atoms with Crippen LogP contribution in [0.5, 0.6) is 11.5 Å². The smallest absolute Gasteiger partial charge is 0.260 e. The van der Waals surface area contributed by atoms with Gasteiger partial charge in [-0.1, -0.05) is 30.3 Å². The van der Waals surface area contributed by atoms with Crippen LogP contribution in [0.3, 0.4) is 0 Å². The number of rotatable bonds is 5. The van der Waals surface area contributed by atoms with Gasteiger partial charge in [0, 0.05) is 16.3 Å². The van der Waals surface area contributed by atoms with Gasteiger partial charge in [0.15, 0.2) is 16.9 Å². The van der Waals surface area contributed by atoms with Gasteiger partial charge in [0.1, 0.15) is 6.54 Å². The van der Waals surface area contributed by atoms with Crippen LogP contribution < -0.4 is 15.6 Å². The molecule has 1 amide bonds. The number of ether oxygens (including phenoxy) is 1. The van der Waals surface area contributed by atoms with Crippen molar-refractivity contribution in [2.24, 2.45) is 5.10 Å². The lowest BCUT2D eigenvalue weighted by Crippen LogP contribution is -2.25. The third-order valence-electron chi connectivity index (χ3n) is 4.82. The van der Waals surface area contributed by atoms with Gasteiger partial charge in [0.05, 0.1) is 24.4 Å². The Labute approximate surface area is 171 Å². The van der Waals surface area contributed by atoms with E-state index in [1.807, 2.05) is 24.3 Å². The van der Waals surface area contributed by atoms with Crippen molar-refractivity contribution < 1.29 is 14.6 Å². The Hall–Kier alpha value is -4.13. The summed E-state index contributed by atoms with van der Waals surface area (Å²) in [6, 6.07) is 19.4. The van der Waals surface area contributed by atoms with Crippen LogP contribution in [0.2, 0.25) is 0 Å². The highest BCUT2D eigenvalue weighted by Crippen LogP contribution is 2.27. The van der Waals surface area contributed by atoms with Crippen LogP contribution in [-0.2, 0) is 11.3 Å². The molecule has 3 aromatic carbocycles. The lowest BCUT2D eigenvalue weighted by atomic mass is 10.1. The van der Waals surface area contributed by atoms with Gasteiger partial charge in [-0.2, -0.15) is 5.10 Å². The first-order valence-corrected chi connectivity index (χ1v) is 9.28. The molecule has 7 nitrogen and oxygen atoms in total. The average Bonchev–Trinajstić information content (AvgIpc) is 2.78. The maximum Gasteiger partial charge on any atom is 0.260 e. The van der Waals surface area contributed by atoms with E-state index < -0.39 is 0 Å². The number of hydrogen-bond donors (Lipinski definition) is 2. The lowest BCUT2D eigenvalue weighted by molar-refractivity contribution is -0.121. The molecule has 150 valence electrons. The minimum absolute atomic E-state index is 0.0251. The third-order valence-corrected chi connectivity index (χ3v) is 4.82. The van der Waals surface area contributed by atoms with Crippen LogP contribution in [0, 0.1) is 0 Å². The molecule has 0 saturated heterocycles. The van der Waals surface area contributed by atoms with Gasteiger partial charge in [-0.15, -0.1) is 0 Å². The first kappa shape index (κ1) is 19.2. The van der Waals surface area contributed by atoms with Crippen molar-refractivity contribution in [1.82, 2.24) is 9.99 Å². The summed E-state index contributed by atoms with van der Waals surface area (Å²) in [4.78, 5) is 25.3. The summed E-state index contributed by atoms with van der Waals surface area (Å²) >= 11 is 0. The Bertz CT molecular complexity index is 1280. The molecule has 0 unspecified atom stereocenters. The maximum absolute atomic E-state index is 12.8. The maximum atomic E-state index is 12.8. The van der Waals surface area contributed by atoms with Crippen LogP contribution in [0.25, 0.3) is 21.8 Å². The van der Waals surface area contributed by atoms with E-state index in [1.54, 1.807) is 47.0 Å². The Morgan fingerprint density at radius 3 is 2.30 bits per heavy atom. The quantitative estimate of drug-likeness (QED) is 0.305. The molecule has 0 saturated carbocycles. The van der Waals surface area contributed by atoms with Crippen LogP contribution in [0.1, 0.15) is 5.56 Å². The zero-order chi connectivity index (χ0) is 21.1. The third kappa shape index (κ3) is 3.48. The number of pyridine rings is 1. The second kappa shape index (κ2) is 8.08. The number of aromatic hydroxyl groups is 1. The van der Waals surface area contributed by atoms with E-state index >= 15 is 0 Å². The number of phenolic OH excluding ortho intramolecular Hbond substituents is 1. The van der Waals surface area contributed by atoms with Gasteiger partial charge in [0.25, 0.3) is 5.91 Å². The van der Waals surface area contributed by atoms with Crippen molar-refractivity contribution in [2.45, 2.75) is 6.54 Å². The number of nitrogens with zero attached hydrogens (tertiary/aromatic N) is 2. The van der Waals surface area contributed by atoms with Gasteiger partial charge in [-0.3, -0.25) is 9.59 Å². The molecule has 30 heavy (non-hydrogen) atoms. The summed E-state index contributed by atoms with van der Waals surface area (Å²) in [5.74, 6) is -0.112. The highest BCUT2D eigenvalue weighted by atomic mass is 16.5. The van der Waals surface area contributed by atoms with Gasteiger partial charge in [0.2, 0.25) is 0 Å². The van der Waals surface area contributed by atoms with Crippen molar-refractivity contribution >= 4 is 33.9 Å². The number of carbonyl (C=O) groups excluding carboxylic acids is 1. The summed E-state index contributed by atoms with van der Waals surface area (Å²) < 4.78 is 6.85. The number of para-hydroxylation sites is 3. The van der Waals surface area contributed by atoms with Crippen LogP contribution in [0.15, 0.2) is 76.6 Å². The van der Waals surface area contributed by atoms with Crippen molar-refractivity contribution in [3.8, 4) is 11.5 Å². The summed E-state index contributed by atoms with van der Waals surface area (Å²) in [6.45, 7) is -0.0251. The second-order valence-corrected chi connectivity index (χ2v) is 6.64. The normalized spacial score (nSPS) is 11.2. The average molecular weight is 401 g/mol. The minimum atomic E-state index is -0.368. The molecular formula is C23H19N3O4. The molecule has 0 radical (unpaired) electrons. The van der Waals surface area contributed by atoms with E-state index in [0.29, 0.717) is 33.1 Å². The Morgan fingerprint density at radius 2 is 1.67 bits per heavy atom. The number of phenols is 1. The van der Waals surface area contributed by atoms with Crippen LogP contribution in [0.4, 0.5) is 0 Å². The Kier molecular flexibility index (Phi) is 5.17. The standard InChI is InChI=1S/C23H19N3O4/c1-30-20-12-6-7-15(22(20)28)13-24-25-21(27)14-26-18-10-4-2-8-16(18)23(29)17-9-3-5-11-19(17)26/h2-13,28H,14H2,1H3,(H,25,27)/b24-13-. The fraction of sp³-hybridized carbons (Fsp3) is 0.0870. The number of nitrogens with one attached hydrogen (secondary N) is 1. The SMILES string of the molecule is COc1cccc(/C=N\NC(=O)Cn2c3ccccc3c(=O)c3ccccc32)c1O. The molecule has 0 aliphatic carbocycles. The highest BCUT2D eigenvalue weighted by Gasteiger charge is 2.12. The molecule has 0 fully saturated rings. The number of amides is 1. The summed E-state index contributed by atoms with van der Waals surface area (Å²) in [7, 11) is 1.46. The van der Waals surface area contributed by atoms with E-state index in [9.17, 15) is 14.7 Å². The highest BCUT2D eigenvalue weighted by molar-refractivity contribution is 5.95. The lowest BCUT2D eigenvalue weighted by Gasteiger charge is -2.14. The zero-order valence-electron chi connectivity index (χ0n) is 16.2. The van der Waals surface area contributed by atoms with Gasteiger partial charge < -0.3 is 14.4 Å². The first-order chi connectivity index (χ1) is 14.6. The van der Waals surface area contributed by atoms with Crippen molar-refractivity contribution in [3.63, 3.8) is 0 Å². The van der Waals surface area contributed by atoms with E-state index in [1.165, 1.54) is 13.3 Å². The molecule has 4 aromatic rings. The number of carbonyl (C=O) groups is 1. The topological polar surface area (TPSA) is 92.9 Å². The number of fused-ring (bicyclic) bond motifs is 2. The molecule has 0 aliphatic heterocycles. The van der Waals surface area contributed by atoms with Crippen molar-refractivity contribution in [3.05, 3.63) is 82.5 Å². The first-order valence-electron chi connectivity index (χ1n) is 9.28. The van der Waals surface area contributed by atoms with Crippen molar-refractivity contribution in [1.29, 1.82) is 0 Å². The molecular weight excluding hydrogens is 382 g/mol. The fourth-order valence-electron chi connectivity index (χ4n) is 3.41. The molecule has 0 spiro atoms. The molecule has 1 aromatic heterocycles. The predicted octanol–water partition coefficient (Wildman–Crippen LogP) is 3.02. The molecule has 4 rings (SSSR count). The van der Waals surface area contributed by atoms with Crippen LogP contribution in [-0.4, -0.2) is 28.9 Å². The number of hydrazone groups is 1. The fourth-order valence-corrected chi connectivity index (χ4v) is 3.41. The molecule has 0 bridgehead atoms. The Balaban J connectivity index is 1.64. The molecule has 7 heteroatoms. The number of hydrogen-bond acceptors (Lipinski definition) is 5. The molecule has 0 atom stereocenters. The van der Waals surface area contributed by atoms with Gasteiger partial charge >= 0.3 is 0 Å². The van der Waals surface area contributed by atoms with Crippen LogP contribution >= 0.6 is 0 Å². The van der Waals surface area contributed by atoms with E-state index in [-0.39, 0.29) is 23.6 Å². The van der Waals surface area contributed by atoms with E-state index in [2.05, 4.69) is 10.5 Å². The minimum Gasteiger partial charge on any atom is -0.504 e. The molecule has 0 aliphatic rings. The van der Waals surface area contributed by atoms with Crippen molar-refractivity contribution in [2.75, 3.05) is 7.11 Å². The van der Waals surface area contributed by atoms with Gasteiger partial charge in [-0.25, -0.2) is 5.43 Å². The summed E-state index contributed by atoms with van der Waals surface area (Å²) in [5.41, 5.74) is 4.16. The monoisotopic (exact) mass is 401 g/mol. The largest absolute Gasteiger partial charge is 0.504 e. The number of aromatic nitrogens is 1. The molecule has 2 N–H and O–H groups in total. The second-order valence-electron chi connectivity index (χ2n) is 6.64. The predicted molar refractivity (Wildman–Crippen MR) is 116 cm³/mol. The summed E-state index contributed by atoms with van der Waals surface area (Å²) in [5, 5.41) is 15.1. The molecule has 1 heterocycles. The number of methoxy groups -OCH3 is 1. The van der Waals surface area contributed by atoms with Gasteiger partial charge in [-0.05, 0) is 36.4 Å². The van der Waals surface area contributed by atoms with E-state index in [4.69, 9.17) is 4.74 Å². The number of benzene rings is 3. The Morgan fingerprint density at radius 1 is 1.03 bits per heavy atom. The zero-order valence-corrected chi connectivity index (χ0v) is 16.2.